The zero-order valence-electron chi connectivity index (χ0n) is 8.91. The van der Waals surface area contributed by atoms with E-state index in [-0.39, 0.29) is 17.1 Å². The van der Waals surface area contributed by atoms with Gasteiger partial charge in [0.25, 0.3) is 10.1 Å². The summed E-state index contributed by atoms with van der Waals surface area (Å²) in [5, 5.41) is 0. The average Bonchev–Trinajstić information content (AvgIpc) is 2.62. The van der Waals surface area contributed by atoms with Crippen LogP contribution in [0.3, 0.4) is 0 Å². The van der Waals surface area contributed by atoms with Gasteiger partial charge in [-0.15, -0.1) is 0 Å². The molecule has 1 aromatic carbocycles. The molecule has 7 heteroatoms. The Labute approximate surface area is 97.9 Å². The zero-order chi connectivity index (χ0) is 12.6. The van der Waals surface area contributed by atoms with Crippen LogP contribution in [0, 0.1) is 6.92 Å². The summed E-state index contributed by atoms with van der Waals surface area (Å²) in [5.74, 6) is -0.571. The van der Waals surface area contributed by atoms with E-state index in [1.807, 2.05) is 0 Å². The molecule has 92 valence electrons. The molecule has 1 atom stereocenters. The number of carbonyl (C=O) groups excluding carboxylic acids is 1. The number of aryl methyl sites for hydroxylation is 1. The smallest absolute Gasteiger partial charge is 0.334 e. The van der Waals surface area contributed by atoms with Crippen LogP contribution >= 0.6 is 0 Å². The first kappa shape index (κ1) is 12.0. The lowest BCUT2D eigenvalue weighted by atomic mass is 10.1. The van der Waals surface area contributed by atoms with Crippen LogP contribution < -0.4 is 0 Å². The Kier molecular flexibility index (Phi) is 2.90. The van der Waals surface area contributed by atoms with Crippen LogP contribution in [0.5, 0.6) is 0 Å². The third-order valence-electron chi connectivity index (χ3n) is 2.29. The van der Waals surface area contributed by atoms with Crippen molar-refractivity contribution in [2.24, 2.45) is 0 Å². The van der Waals surface area contributed by atoms with Crippen molar-refractivity contribution in [3.05, 3.63) is 29.3 Å². The number of carbonyl (C=O) groups is 1. The largest absolute Gasteiger partial charge is 0.429 e. The van der Waals surface area contributed by atoms with Gasteiger partial charge in [-0.1, -0.05) is 11.6 Å². The van der Waals surface area contributed by atoms with Crippen molar-refractivity contribution in [1.82, 2.24) is 0 Å². The second kappa shape index (κ2) is 4.10. The SMILES string of the molecule is Cc1ccc(S(=O)(=O)O)c(C2OCC(=O)O2)c1. The van der Waals surface area contributed by atoms with Crippen molar-refractivity contribution in [2.75, 3.05) is 6.61 Å². The summed E-state index contributed by atoms with van der Waals surface area (Å²) in [5.41, 5.74) is 0.886. The monoisotopic (exact) mass is 258 g/mol. The van der Waals surface area contributed by atoms with E-state index in [1.165, 1.54) is 18.2 Å². The van der Waals surface area contributed by atoms with Crippen LogP contribution in [0.25, 0.3) is 0 Å². The average molecular weight is 258 g/mol. The van der Waals surface area contributed by atoms with Gasteiger partial charge in [-0.2, -0.15) is 8.42 Å². The third-order valence-corrected chi connectivity index (χ3v) is 3.22. The van der Waals surface area contributed by atoms with Crippen LogP contribution in [0.4, 0.5) is 0 Å². The van der Waals surface area contributed by atoms with E-state index >= 15 is 0 Å². The summed E-state index contributed by atoms with van der Waals surface area (Å²) in [7, 11) is -4.38. The van der Waals surface area contributed by atoms with Crippen molar-refractivity contribution in [3.63, 3.8) is 0 Å². The quantitative estimate of drug-likeness (QED) is 0.623. The van der Waals surface area contributed by atoms with Gasteiger partial charge in [-0.05, 0) is 19.1 Å². The first-order valence-electron chi connectivity index (χ1n) is 4.77. The number of rotatable bonds is 2. The second-order valence-electron chi connectivity index (χ2n) is 3.65. The van der Waals surface area contributed by atoms with Crippen molar-refractivity contribution >= 4 is 16.1 Å². The Morgan fingerprint density at radius 3 is 2.65 bits per heavy atom. The van der Waals surface area contributed by atoms with E-state index in [0.717, 1.165) is 5.56 Å². The van der Waals surface area contributed by atoms with Gasteiger partial charge in [0.15, 0.2) is 0 Å². The van der Waals surface area contributed by atoms with E-state index in [9.17, 15) is 13.2 Å². The van der Waals surface area contributed by atoms with Crippen molar-refractivity contribution in [3.8, 4) is 0 Å². The lowest BCUT2D eigenvalue weighted by Crippen LogP contribution is -2.08. The molecule has 1 unspecified atom stereocenters. The molecule has 0 aromatic heterocycles. The first-order chi connectivity index (χ1) is 7.88. The fourth-order valence-electron chi connectivity index (χ4n) is 1.57. The summed E-state index contributed by atoms with van der Waals surface area (Å²) in [6.07, 6.45) is -1.08. The molecule has 1 saturated heterocycles. The highest BCUT2D eigenvalue weighted by Crippen LogP contribution is 2.30. The number of esters is 1. The maximum absolute atomic E-state index is 11.2. The number of ether oxygens (including phenoxy) is 2. The molecule has 1 aliphatic rings. The maximum Gasteiger partial charge on any atom is 0.334 e. The van der Waals surface area contributed by atoms with Crippen LogP contribution in [-0.4, -0.2) is 25.5 Å². The molecule has 1 N–H and O–H groups in total. The number of cyclic esters (lactones) is 1. The van der Waals surface area contributed by atoms with Crippen LogP contribution in [0.15, 0.2) is 23.1 Å². The molecular formula is C10H10O6S. The van der Waals surface area contributed by atoms with Crippen LogP contribution in [0.1, 0.15) is 17.4 Å². The van der Waals surface area contributed by atoms with Crippen molar-refractivity contribution < 1.29 is 27.2 Å². The Morgan fingerprint density at radius 2 is 2.12 bits per heavy atom. The molecule has 1 aliphatic heterocycles. The number of hydrogen-bond acceptors (Lipinski definition) is 5. The topological polar surface area (TPSA) is 89.9 Å². The van der Waals surface area contributed by atoms with E-state index < -0.39 is 22.4 Å². The summed E-state index contributed by atoms with van der Waals surface area (Å²) < 4.78 is 41.2. The minimum absolute atomic E-state index is 0.123. The molecular weight excluding hydrogens is 248 g/mol. The first-order valence-corrected chi connectivity index (χ1v) is 6.21. The molecule has 1 fully saturated rings. The lowest BCUT2D eigenvalue weighted by Gasteiger charge is -2.12. The van der Waals surface area contributed by atoms with Crippen molar-refractivity contribution in [2.45, 2.75) is 18.1 Å². The molecule has 17 heavy (non-hydrogen) atoms. The van der Waals surface area contributed by atoms with E-state index in [1.54, 1.807) is 6.92 Å². The van der Waals surface area contributed by atoms with Gasteiger partial charge in [-0.25, -0.2) is 4.79 Å². The molecule has 0 radical (unpaired) electrons. The standard InChI is InChI=1S/C10H10O6S/c1-6-2-3-8(17(12,13)14)7(4-6)10-15-5-9(11)16-10/h2-4,10H,5H2,1H3,(H,12,13,14). The van der Waals surface area contributed by atoms with Crippen LogP contribution in [-0.2, 0) is 24.4 Å². The fourth-order valence-corrected chi connectivity index (χ4v) is 2.26. The van der Waals surface area contributed by atoms with Crippen molar-refractivity contribution in [1.29, 1.82) is 0 Å². The predicted octanol–water partition coefficient (Wildman–Crippen LogP) is 0.814. The fraction of sp³-hybridized carbons (Fsp3) is 0.300. The van der Waals surface area contributed by atoms with Crippen LogP contribution in [0.2, 0.25) is 0 Å². The third kappa shape index (κ3) is 2.46. The zero-order valence-corrected chi connectivity index (χ0v) is 9.73. The minimum atomic E-state index is -4.38. The Balaban J connectivity index is 2.51. The molecule has 0 bridgehead atoms. The molecule has 1 aromatic rings. The molecule has 1 heterocycles. The summed E-state index contributed by atoms with van der Waals surface area (Å²) in [6, 6.07) is 4.27. The van der Waals surface area contributed by atoms with Gasteiger partial charge < -0.3 is 9.47 Å². The summed E-state index contributed by atoms with van der Waals surface area (Å²) >= 11 is 0. The van der Waals surface area contributed by atoms with Gasteiger partial charge in [0.1, 0.15) is 11.5 Å². The van der Waals surface area contributed by atoms with E-state index in [2.05, 4.69) is 0 Å². The van der Waals surface area contributed by atoms with Gasteiger partial charge >= 0.3 is 5.97 Å². The number of benzene rings is 1. The van der Waals surface area contributed by atoms with Gasteiger partial charge in [0, 0.05) is 5.56 Å². The highest BCUT2D eigenvalue weighted by atomic mass is 32.2. The molecule has 0 aliphatic carbocycles. The highest BCUT2D eigenvalue weighted by Gasteiger charge is 2.30. The second-order valence-corrected chi connectivity index (χ2v) is 5.04. The normalized spacial score (nSPS) is 20.4. The Hall–Kier alpha value is -1.44. The highest BCUT2D eigenvalue weighted by molar-refractivity contribution is 7.85. The van der Waals surface area contributed by atoms with Gasteiger partial charge in [0.05, 0.1) is 0 Å². The molecule has 0 amide bonds. The lowest BCUT2D eigenvalue weighted by molar-refractivity contribution is -0.143. The van der Waals surface area contributed by atoms with E-state index in [4.69, 9.17) is 14.0 Å². The van der Waals surface area contributed by atoms with Gasteiger partial charge in [-0.3, -0.25) is 4.55 Å². The maximum atomic E-state index is 11.2. The predicted molar refractivity (Wildman–Crippen MR) is 55.8 cm³/mol. The summed E-state index contributed by atoms with van der Waals surface area (Å²) in [4.78, 5) is 10.6. The van der Waals surface area contributed by atoms with Gasteiger partial charge in [0.2, 0.25) is 6.29 Å². The summed E-state index contributed by atoms with van der Waals surface area (Å²) in [6.45, 7) is 1.51. The molecule has 6 nitrogen and oxygen atoms in total. The Morgan fingerprint density at radius 1 is 1.41 bits per heavy atom. The molecule has 2 rings (SSSR count). The number of hydrogen-bond donors (Lipinski definition) is 1. The Bertz CT molecular complexity index is 562. The molecule has 0 spiro atoms. The molecule has 0 saturated carbocycles. The van der Waals surface area contributed by atoms with E-state index in [0.29, 0.717) is 0 Å². The minimum Gasteiger partial charge on any atom is -0.429 e.